The molecule has 4 rings (SSSR count). The molecule has 0 radical (unpaired) electrons. The molecule has 1 fully saturated rings. The molecule has 0 saturated carbocycles. The van der Waals surface area contributed by atoms with Crippen LogP contribution in [-0.2, 0) is 6.54 Å². The van der Waals surface area contributed by atoms with Gasteiger partial charge in [0, 0.05) is 19.3 Å². The predicted octanol–water partition coefficient (Wildman–Crippen LogP) is -0.00468. The van der Waals surface area contributed by atoms with Gasteiger partial charge in [0.1, 0.15) is 0 Å². The van der Waals surface area contributed by atoms with Crippen molar-refractivity contribution in [1.82, 2.24) is 29.2 Å². The van der Waals surface area contributed by atoms with E-state index in [4.69, 9.17) is 4.52 Å². The van der Waals surface area contributed by atoms with E-state index < -0.39 is 6.10 Å². The number of β-amino-alcohol motifs (C(OH)–C–C–N with tert-alkyl or cyclic N) is 1. The maximum atomic E-state index is 12.3. The lowest BCUT2D eigenvalue weighted by molar-refractivity contribution is 0.169. The Labute approximate surface area is 137 Å². The normalized spacial score (nSPS) is 21.8. The second kappa shape index (κ2) is 5.84. The van der Waals surface area contributed by atoms with Crippen LogP contribution in [0, 0.1) is 6.92 Å². The summed E-state index contributed by atoms with van der Waals surface area (Å²) in [6.45, 7) is 3.26. The number of aromatic nitrogens is 5. The third-order valence-corrected chi connectivity index (χ3v) is 4.30. The number of aliphatic hydroxyl groups excluding tert-OH is 1. The average molecular weight is 330 g/mol. The SMILES string of the molecule is Cc1noc([C@H]2C[C@@H](O)CN2CCn2nc3ccccn3c2=O)n1. The second-order valence-electron chi connectivity index (χ2n) is 6.01. The molecule has 3 aromatic rings. The minimum atomic E-state index is -0.444. The van der Waals surface area contributed by atoms with Crippen LogP contribution in [0.15, 0.2) is 33.7 Å². The Bertz CT molecular complexity index is 913. The van der Waals surface area contributed by atoms with Crippen molar-refractivity contribution in [3.8, 4) is 0 Å². The van der Waals surface area contributed by atoms with E-state index in [1.165, 1.54) is 9.08 Å². The lowest BCUT2D eigenvalue weighted by Crippen LogP contribution is -2.32. The molecular formula is C15H18N6O3. The zero-order valence-electron chi connectivity index (χ0n) is 13.2. The van der Waals surface area contributed by atoms with Crippen molar-refractivity contribution in [3.05, 3.63) is 46.6 Å². The van der Waals surface area contributed by atoms with Crippen LogP contribution in [0.1, 0.15) is 24.2 Å². The van der Waals surface area contributed by atoms with Crippen molar-refractivity contribution in [2.24, 2.45) is 0 Å². The van der Waals surface area contributed by atoms with Gasteiger partial charge in [0.15, 0.2) is 11.5 Å². The van der Waals surface area contributed by atoms with Gasteiger partial charge in [-0.05, 0) is 25.5 Å². The van der Waals surface area contributed by atoms with Crippen LogP contribution in [0.4, 0.5) is 0 Å². The first-order chi connectivity index (χ1) is 11.6. The molecule has 0 amide bonds. The van der Waals surface area contributed by atoms with E-state index in [-0.39, 0.29) is 11.7 Å². The Morgan fingerprint density at radius 1 is 1.38 bits per heavy atom. The minimum absolute atomic E-state index is 0.131. The van der Waals surface area contributed by atoms with Crippen LogP contribution >= 0.6 is 0 Å². The summed E-state index contributed by atoms with van der Waals surface area (Å²) in [5.41, 5.74) is 0.448. The van der Waals surface area contributed by atoms with Gasteiger partial charge in [0.25, 0.3) is 0 Å². The van der Waals surface area contributed by atoms with E-state index in [2.05, 4.69) is 15.2 Å². The monoisotopic (exact) mass is 330 g/mol. The summed E-state index contributed by atoms with van der Waals surface area (Å²) in [6, 6.07) is 5.30. The van der Waals surface area contributed by atoms with Gasteiger partial charge in [-0.1, -0.05) is 11.2 Å². The Morgan fingerprint density at radius 3 is 3.00 bits per heavy atom. The van der Waals surface area contributed by atoms with E-state index in [1.54, 1.807) is 25.3 Å². The topological polar surface area (TPSA) is 102 Å². The van der Waals surface area contributed by atoms with Gasteiger partial charge in [0.2, 0.25) is 5.89 Å². The van der Waals surface area contributed by atoms with Crippen molar-refractivity contribution >= 4 is 5.65 Å². The largest absolute Gasteiger partial charge is 0.392 e. The Morgan fingerprint density at radius 2 is 2.25 bits per heavy atom. The van der Waals surface area contributed by atoms with E-state index >= 15 is 0 Å². The highest BCUT2D eigenvalue weighted by Gasteiger charge is 2.35. The van der Waals surface area contributed by atoms with E-state index in [0.717, 1.165) is 0 Å². The molecule has 1 N–H and O–H groups in total. The number of aliphatic hydroxyl groups is 1. The number of likely N-dealkylation sites (tertiary alicyclic amines) is 1. The molecule has 0 bridgehead atoms. The second-order valence-corrected chi connectivity index (χ2v) is 6.01. The van der Waals surface area contributed by atoms with Crippen LogP contribution in [-0.4, -0.2) is 53.5 Å². The lowest BCUT2D eigenvalue weighted by atomic mass is 10.2. The fourth-order valence-corrected chi connectivity index (χ4v) is 3.17. The molecule has 0 unspecified atom stereocenters. The van der Waals surface area contributed by atoms with Crippen molar-refractivity contribution in [1.29, 1.82) is 0 Å². The molecule has 9 nitrogen and oxygen atoms in total. The van der Waals surface area contributed by atoms with Crippen LogP contribution < -0.4 is 5.69 Å². The van der Waals surface area contributed by atoms with Gasteiger partial charge in [-0.25, -0.2) is 9.48 Å². The molecule has 126 valence electrons. The molecule has 9 heteroatoms. The van der Waals surface area contributed by atoms with Crippen molar-refractivity contribution in [2.45, 2.75) is 32.0 Å². The number of hydrogen-bond acceptors (Lipinski definition) is 7. The van der Waals surface area contributed by atoms with Crippen LogP contribution in [0.25, 0.3) is 5.65 Å². The summed E-state index contributed by atoms with van der Waals surface area (Å²) < 4.78 is 8.20. The zero-order chi connectivity index (χ0) is 16.7. The number of hydrogen-bond donors (Lipinski definition) is 1. The molecule has 0 aromatic carbocycles. The fraction of sp³-hybridized carbons (Fsp3) is 0.467. The van der Waals surface area contributed by atoms with Crippen molar-refractivity contribution < 1.29 is 9.63 Å². The smallest absolute Gasteiger partial charge is 0.350 e. The summed E-state index contributed by atoms with van der Waals surface area (Å²) in [5, 5.41) is 18.1. The predicted molar refractivity (Wildman–Crippen MR) is 83.4 cm³/mol. The first-order valence-electron chi connectivity index (χ1n) is 7.88. The molecule has 3 aromatic heterocycles. The highest BCUT2D eigenvalue weighted by molar-refractivity contribution is 5.35. The molecule has 0 aliphatic carbocycles. The standard InChI is InChI=1S/C15H18N6O3/c1-10-16-14(24-18-10)12-8-11(22)9-19(12)6-7-21-15(23)20-5-3-2-4-13(20)17-21/h2-5,11-12,22H,6-9H2,1H3/t11-,12-/m1/s1. The first kappa shape index (κ1) is 15.0. The Kier molecular flexibility index (Phi) is 3.66. The Hall–Kier alpha value is -2.52. The highest BCUT2D eigenvalue weighted by atomic mass is 16.5. The number of rotatable bonds is 4. The molecule has 24 heavy (non-hydrogen) atoms. The number of aryl methyl sites for hydroxylation is 1. The van der Waals surface area contributed by atoms with Gasteiger partial charge >= 0.3 is 5.69 Å². The Balaban J connectivity index is 1.53. The summed E-state index contributed by atoms with van der Waals surface area (Å²) in [4.78, 5) is 18.6. The summed E-state index contributed by atoms with van der Waals surface area (Å²) in [5.74, 6) is 1.08. The molecule has 1 saturated heterocycles. The van der Waals surface area contributed by atoms with Gasteiger partial charge < -0.3 is 9.63 Å². The van der Waals surface area contributed by atoms with E-state index in [0.29, 0.717) is 43.4 Å². The third kappa shape index (κ3) is 2.61. The number of fused-ring (bicyclic) bond motifs is 1. The van der Waals surface area contributed by atoms with Crippen LogP contribution in [0.5, 0.6) is 0 Å². The van der Waals surface area contributed by atoms with Crippen molar-refractivity contribution in [3.63, 3.8) is 0 Å². The highest BCUT2D eigenvalue weighted by Crippen LogP contribution is 2.30. The summed E-state index contributed by atoms with van der Waals surface area (Å²) >= 11 is 0. The van der Waals surface area contributed by atoms with E-state index in [9.17, 15) is 9.90 Å². The molecule has 2 atom stereocenters. The molecular weight excluding hydrogens is 312 g/mol. The maximum Gasteiger partial charge on any atom is 0.350 e. The fourth-order valence-electron chi connectivity index (χ4n) is 3.17. The molecule has 4 heterocycles. The quantitative estimate of drug-likeness (QED) is 0.718. The molecule has 1 aliphatic heterocycles. The van der Waals surface area contributed by atoms with Gasteiger partial charge in [-0.2, -0.15) is 4.98 Å². The maximum absolute atomic E-state index is 12.3. The van der Waals surface area contributed by atoms with Gasteiger partial charge in [-0.3, -0.25) is 9.30 Å². The summed E-state index contributed by atoms with van der Waals surface area (Å²) in [7, 11) is 0. The number of pyridine rings is 1. The van der Waals surface area contributed by atoms with Crippen LogP contribution in [0.2, 0.25) is 0 Å². The van der Waals surface area contributed by atoms with Gasteiger partial charge in [0.05, 0.1) is 18.7 Å². The average Bonchev–Trinajstić information content (AvgIpc) is 3.24. The third-order valence-electron chi connectivity index (χ3n) is 4.30. The lowest BCUT2D eigenvalue weighted by Gasteiger charge is -2.20. The van der Waals surface area contributed by atoms with E-state index in [1.807, 2.05) is 11.0 Å². The first-order valence-corrected chi connectivity index (χ1v) is 7.88. The molecule has 0 spiro atoms. The van der Waals surface area contributed by atoms with Crippen LogP contribution in [0.3, 0.4) is 0 Å². The molecule has 1 aliphatic rings. The summed E-state index contributed by atoms with van der Waals surface area (Å²) in [6.07, 6.45) is 1.80. The minimum Gasteiger partial charge on any atom is -0.392 e. The number of nitrogens with zero attached hydrogens (tertiary/aromatic N) is 6. The van der Waals surface area contributed by atoms with Crippen molar-refractivity contribution in [2.75, 3.05) is 13.1 Å². The zero-order valence-corrected chi connectivity index (χ0v) is 13.2. The van der Waals surface area contributed by atoms with Gasteiger partial charge in [-0.15, -0.1) is 5.10 Å².